The molecule has 1 fully saturated rings. The van der Waals surface area contributed by atoms with Crippen LogP contribution >= 0.6 is 11.6 Å². The molecule has 10 nitrogen and oxygen atoms in total. The van der Waals surface area contributed by atoms with Gasteiger partial charge in [0, 0.05) is 22.6 Å². The van der Waals surface area contributed by atoms with Crippen LogP contribution < -0.4 is 5.32 Å². The van der Waals surface area contributed by atoms with Gasteiger partial charge in [-0.05, 0) is 79.0 Å². The highest BCUT2D eigenvalue weighted by atomic mass is 35.5. The van der Waals surface area contributed by atoms with Gasteiger partial charge in [-0.3, -0.25) is 14.4 Å². The summed E-state index contributed by atoms with van der Waals surface area (Å²) in [6, 6.07) is 18.6. The normalized spacial score (nSPS) is 16.8. The number of carboxylic acids is 3. The summed E-state index contributed by atoms with van der Waals surface area (Å²) in [6.07, 6.45) is 1.43. The molecule has 0 saturated carbocycles. The molecule has 2 aliphatic rings. The Hall–Kier alpha value is -4.32. The number of carboxylic acid groups (broad SMARTS) is 3. The Balaban J connectivity index is 0.000000302. The topological polar surface area (TPSA) is 164 Å². The molecule has 3 aromatic carbocycles. The van der Waals surface area contributed by atoms with Crippen molar-refractivity contribution in [1.82, 2.24) is 10.2 Å². The van der Waals surface area contributed by atoms with Gasteiger partial charge in [0.15, 0.2) is 5.60 Å². The summed E-state index contributed by atoms with van der Waals surface area (Å²) in [5.41, 5.74) is -0.220. The van der Waals surface area contributed by atoms with Crippen LogP contribution in [0.3, 0.4) is 0 Å². The molecule has 2 aliphatic heterocycles. The second-order valence-corrected chi connectivity index (χ2v) is 11.7. The van der Waals surface area contributed by atoms with E-state index in [2.05, 4.69) is 24.4 Å². The third kappa shape index (κ3) is 7.33. The number of hydrogen-bond acceptors (Lipinski definition) is 6. The summed E-state index contributed by atoms with van der Waals surface area (Å²) in [7, 11) is 0. The summed E-state index contributed by atoms with van der Waals surface area (Å²) in [4.78, 5) is 46.2. The molecular formula is C33H34ClFN2O8. The van der Waals surface area contributed by atoms with Crippen LogP contribution in [-0.4, -0.2) is 74.4 Å². The number of carbonyl (C=O) groups excluding carboxylic acids is 1. The maximum Gasteiger partial charge on any atom is 0.336 e. The summed E-state index contributed by atoms with van der Waals surface area (Å²) >= 11 is 6.42. The number of aliphatic carboxylic acids is 3. The molecule has 45 heavy (non-hydrogen) atoms. The predicted octanol–water partition coefficient (Wildman–Crippen LogP) is 4.53. The number of piperidine rings is 1. The minimum absolute atomic E-state index is 0.0628. The highest BCUT2D eigenvalue weighted by Gasteiger charge is 2.45. The van der Waals surface area contributed by atoms with Crippen molar-refractivity contribution in [2.75, 3.05) is 19.6 Å². The largest absolute Gasteiger partial charge is 0.481 e. The van der Waals surface area contributed by atoms with Crippen molar-refractivity contribution < 1.29 is 44.0 Å². The smallest absolute Gasteiger partial charge is 0.336 e. The van der Waals surface area contributed by atoms with Gasteiger partial charge in [-0.15, -0.1) is 0 Å². The number of hydrogen-bond donors (Lipinski definition) is 5. The fourth-order valence-electron chi connectivity index (χ4n) is 6.11. The molecule has 238 valence electrons. The van der Waals surface area contributed by atoms with Gasteiger partial charge in [-0.25, -0.2) is 9.18 Å². The van der Waals surface area contributed by atoms with Crippen LogP contribution in [0.1, 0.15) is 49.8 Å². The molecule has 0 radical (unpaired) electrons. The van der Waals surface area contributed by atoms with E-state index >= 15 is 0 Å². The first-order valence-corrected chi connectivity index (χ1v) is 14.7. The molecule has 2 heterocycles. The molecular weight excluding hydrogens is 607 g/mol. The van der Waals surface area contributed by atoms with E-state index in [9.17, 15) is 23.6 Å². The lowest BCUT2D eigenvalue weighted by molar-refractivity contribution is -0.170. The standard InChI is InChI=1S/C27H26ClFN2O.C6H8O7/c1-18(24-17-21(28)16-19-4-2-3-5-23(19)24)31-15-10-25(26(31)32)27(11-13-30-14-12-27)20-6-8-22(29)9-7-20;7-3(8)1-6(13,5(11)12)2-4(9)10/h2-10,16-18,30H,11-15H2,1H3;13H,1-2H2,(H,7,8)(H,9,10)(H,11,12)/t18-;/m0./s1. The Morgan fingerprint density at radius 2 is 1.60 bits per heavy atom. The second kappa shape index (κ2) is 13.8. The molecule has 12 heteroatoms. The molecule has 0 unspecified atom stereocenters. The summed E-state index contributed by atoms with van der Waals surface area (Å²) in [5.74, 6) is -5.21. The van der Waals surface area contributed by atoms with Crippen molar-refractivity contribution in [3.63, 3.8) is 0 Å². The zero-order valence-corrected chi connectivity index (χ0v) is 25.3. The highest BCUT2D eigenvalue weighted by molar-refractivity contribution is 6.31. The van der Waals surface area contributed by atoms with Crippen LogP contribution in [0.5, 0.6) is 0 Å². The fraction of sp³-hybridized carbons (Fsp3) is 0.333. The lowest BCUT2D eigenvalue weighted by atomic mass is 9.68. The predicted molar refractivity (Wildman–Crippen MR) is 164 cm³/mol. The minimum atomic E-state index is -2.74. The van der Waals surface area contributed by atoms with Crippen LogP contribution in [0.25, 0.3) is 10.8 Å². The van der Waals surface area contributed by atoms with Crippen molar-refractivity contribution in [2.24, 2.45) is 0 Å². The van der Waals surface area contributed by atoms with E-state index in [1.54, 1.807) is 0 Å². The van der Waals surface area contributed by atoms with E-state index in [4.69, 9.17) is 32.0 Å². The number of amides is 1. The van der Waals surface area contributed by atoms with Gasteiger partial charge in [0.1, 0.15) is 5.82 Å². The number of carbonyl (C=O) groups is 4. The van der Waals surface area contributed by atoms with Crippen LogP contribution in [0.15, 0.2) is 72.3 Å². The fourth-order valence-corrected chi connectivity index (χ4v) is 6.35. The van der Waals surface area contributed by atoms with Crippen LogP contribution in [0.2, 0.25) is 5.02 Å². The number of fused-ring (bicyclic) bond motifs is 1. The summed E-state index contributed by atoms with van der Waals surface area (Å²) in [5, 5.41) is 40.1. The zero-order chi connectivity index (χ0) is 32.9. The zero-order valence-electron chi connectivity index (χ0n) is 24.5. The lowest BCUT2D eigenvalue weighted by Crippen LogP contribution is -2.44. The van der Waals surface area contributed by atoms with Crippen molar-refractivity contribution in [3.05, 3.63) is 94.3 Å². The Labute approximate surface area is 263 Å². The number of halogens is 2. The van der Waals surface area contributed by atoms with E-state index in [1.807, 2.05) is 47.4 Å². The average Bonchev–Trinajstić information content (AvgIpc) is 3.38. The Kier molecular flexibility index (Phi) is 10.3. The van der Waals surface area contributed by atoms with Crippen molar-refractivity contribution in [2.45, 2.75) is 49.7 Å². The molecule has 1 atom stereocenters. The molecule has 1 amide bonds. The van der Waals surface area contributed by atoms with Gasteiger partial charge in [0.25, 0.3) is 5.91 Å². The van der Waals surface area contributed by atoms with Gasteiger partial charge in [-0.2, -0.15) is 0 Å². The van der Waals surface area contributed by atoms with Crippen LogP contribution in [-0.2, 0) is 24.6 Å². The number of nitrogens with one attached hydrogen (secondary N) is 1. The van der Waals surface area contributed by atoms with Gasteiger partial charge >= 0.3 is 17.9 Å². The van der Waals surface area contributed by atoms with Crippen molar-refractivity contribution in [1.29, 1.82) is 0 Å². The number of benzene rings is 3. The van der Waals surface area contributed by atoms with Gasteiger partial charge in [-0.1, -0.05) is 54.1 Å². The maximum absolute atomic E-state index is 13.8. The molecule has 1 saturated heterocycles. The second-order valence-electron chi connectivity index (χ2n) is 11.3. The summed E-state index contributed by atoms with van der Waals surface area (Å²) in [6.45, 7) is 4.29. The minimum Gasteiger partial charge on any atom is -0.481 e. The SMILES string of the molecule is C[C@@H](c1cc(Cl)cc2ccccc12)N1CC=C(C2(c3ccc(F)cc3)CCNCC2)C1=O.O=C(O)CC(O)(CC(=O)O)C(=O)O. The lowest BCUT2D eigenvalue weighted by Gasteiger charge is -2.39. The van der Waals surface area contributed by atoms with E-state index in [-0.39, 0.29) is 23.2 Å². The number of aliphatic hydroxyl groups is 1. The monoisotopic (exact) mass is 640 g/mol. The third-order valence-corrected chi connectivity index (χ3v) is 8.63. The first-order valence-electron chi connectivity index (χ1n) is 14.3. The quantitative estimate of drug-likeness (QED) is 0.226. The molecule has 5 rings (SSSR count). The van der Waals surface area contributed by atoms with E-state index in [0.717, 1.165) is 53.4 Å². The molecule has 3 aromatic rings. The van der Waals surface area contributed by atoms with E-state index in [1.165, 1.54) is 12.1 Å². The Bertz CT molecular complexity index is 1620. The van der Waals surface area contributed by atoms with E-state index < -0.39 is 36.4 Å². The third-order valence-electron chi connectivity index (χ3n) is 8.41. The molecule has 0 bridgehead atoms. The number of nitrogens with zero attached hydrogens (tertiary/aromatic N) is 1. The first kappa shape index (κ1) is 33.6. The van der Waals surface area contributed by atoms with Crippen LogP contribution in [0.4, 0.5) is 4.39 Å². The average molecular weight is 641 g/mol. The van der Waals surface area contributed by atoms with Gasteiger partial charge in [0.05, 0.1) is 18.9 Å². The van der Waals surface area contributed by atoms with Crippen molar-refractivity contribution >= 4 is 46.2 Å². The maximum atomic E-state index is 13.8. The van der Waals surface area contributed by atoms with E-state index in [0.29, 0.717) is 11.6 Å². The van der Waals surface area contributed by atoms with Crippen molar-refractivity contribution in [3.8, 4) is 0 Å². The molecule has 0 spiro atoms. The molecule has 5 N–H and O–H groups in total. The highest BCUT2D eigenvalue weighted by Crippen LogP contribution is 2.44. The number of rotatable bonds is 9. The Morgan fingerprint density at radius 1 is 1.00 bits per heavy atom. The first-order chi connectivity index (χ1) is 21.3. The Morgan fingerprint density at radius 3 is 2.18 bits per heavy atom. The van der Waals surface area contributed by atoms with Gasteiger partial charge < -0.3 is 30.6 Å². The van der Waals surface area contributed by atoms with Gasteiger partial charge in [0.2, 0.25) is 0 Å². The molecule has 0 aromatic heterocycles. The summed E-state index contributed by atoms with van der Waals surface area (Å²) < 4.78 is 13.6. The molecule has 0 aliphatic carbocycles. The van der Waals surface area contributed by atoms with Crippen LogP contribution in [0, 0.1) is 5.82 Å².